The Morgan fingerprint density at radius 2 is 2.14 bits per heavy atom. The van der Waals surface area contributed by atoms with Gasteiger partial charge in [-0.2, -0.15) is 0 Å². The van der Waals surface area contributed by atoms with Crippen molar-refractivity contribution in [3.05, 3.63) is 23.0 Å². The lowest BCUT2D eigenvalue weighted by Gasteiger charge is -2.06. The van der Waals surface area contributed by atoms with Gasteiger partial charge in [0, 0.05) is 29.4 Å². The van der Waals surface area contributed by atoms with Crippen molar-refractivity contribution in [2.75, 3.05) is 0 Å². The molecule has 0 saturated heterocycles. The van der Waals surface area contributed by atoms with Crippen LogP contribution in [0.3, 0.4) is 0 Å². The van der Waals surface area contributed by atoms with Crippen molar-refractivity contribution in [2.45, 2.75) is 46.1 Å². The number of carbonyl (C=O) groups is 1. The predicted molar refractivity (Wildman–Crippen MR) is 56.8 cm³/mol. The van der Waals surface area contributed by atoms with E-state index in [2.05, 4.69) is 18.4 Å². The predicted octanol–water partition coefficient (Wildman–Crippen LogP) is 3.03. The van der Waals surface area contributed by atoms with E-state index in [0.717, 1.165) is 11.3 Å². The average molecular weight is 191 g/mol. The van der Waals surface area contributed by atoms with Gasteiger partial charge in [-0.25, -0.2) is 0 Å². The van der Waals surface area contributed by atoms with Gasteiger partial charge in [0.1, 0.15) is 0 Å². The van der Waals surface area contributed by atoms with Crippen molar-refractivity contribution < 1.29 is 4.79 Å². The molecule has 0 spiro atoms. The van der Waals surface area contributed by atoms with E-state index in [9.17, 15) is 4.79 Å². The molecule has 0 N–H and O–H groups in total. The number of aromatic nitrogens is 1. The van der Waals surface area contributed by atoms with Crippen LogP contribution < -0.4 is 0 Å². The molecule has 0 atom stereocenters. The Kier molecular flexibility index (Phi) is 2.22. The Balaban J connectivity index is 2.43. The van der Waals surface area contributed by atoms with E-state index < -0.39 is 0 Å². The van der Waals surface area contributed by atoms with Crippen molar-refractivity contribution in [3.8, 4) is 0 Å². The summed E-state index contributed by atoms with van der Waals surface area (Å²) in [4.78, 5) is 11.6. The first-order valence-corrected chi connectivity index (χ1v) is 5.36. The number of Topliss-reactive ketones (excluding diaryl/α,β-unsaturated/α-hetero) is 1. The van der Waals surface area contributed by atoms with Crippen LogP contribution in [0.5, 0.6) is 0 Å². The molecule has 2 rings (SSSR count). The number of ketones is 1. The summed E-state index contributed by atoms with van der Waals surface area (Å²) in [6.45, 7) is 6.08. The topological polar surface area (TPSA) is 22.0 Å². The van der Waals surface area contributed by atoms with Crippen LogP contribution in [0.2, 0.25) is 0 Å². The fourth-order valence-electron chi connectivity index (χ4n) is 2.14. The third-order valence-corrected chi connectivity index (χ3v) is 3.02. The molecule has 1 aliphatic rings. The highest BCUT2D eigenvalue weighted by Crippen LogP contribution is 2.38. The molecule has 2 heteroatoms. The summed E-state index contributed by atoms with van der Waals surface area (Å²) >= 11 is 0. The summed E-state index contributed by atoms with van der Waals surface area (Å²) in [5.41, 5.74) is 3.33. The van der Waals surface area contributed by atoms with Gasteiger partial charge in [-0.15, -0.1) is 0 Å². The molecule has 76 valence electrons. The second kappa shape index (κ2) is 3.26. The van der Waals surface area contributed by atoms with Gasteiger partial charge in [0.2, 0.25) is 0 Å². The number of carbonyl (C=O) groups excluding carboxylic acids is 1. The van der Waals surface area contributed by atoms with Gasteiger partial charge < -0.3 is 4.57 Å². The van der Waals surface area contributed by atoms with E-state index in [-0.39, 0.29) is 5.78 Å². The Morgan fingerprint density at radius 3 is 2.64 bits per heavy atom. The molecule has 1 aromatic heterocycles. The minimum Gasteiger partial charge on any atom is -0.345 e. The van der Waals surface area contributed by atoms with Crippen molar-refractivity contribution in [3.63, 3.8) is 0 Å². The lowest BCUT2D eigenvalue weighted by atomic mass is 10.1. The summed E-state index contributed by atoms with van der Waals surface area (Å²) in [5, 5.41) is 0. The van der Waals surface area contributed by atoms with E-state index in [1.807, 2.05) is 13.0 Å². The Hall–Kier alpha value is -1.05. The van der Waals surface area contributed by atoms with E-state index in [0.29, 0.717) is 12.5 Å². The van der Waals surface area contributed by atoms with Gasteiger partial charge in [-0.3, -0.25) is 4.79 Å². The molecule has 1 aromatic rings. The Labute approximate surface area is 84.9 Å². The standard InChI is InChI=1S/C12H17NO/c1-4-12(14)11-7-8(2)13(9(11)3)10-5-6-10/h7,10H,4-6H2,1-3H3. The van der Waals surface area contributed by atoms with Crippen LogP contribution in [0.15, 0.2) is 6.07 Å². The number of aryl methyl sites for hydroxylation is 1. The van der Waals surface area contributed by atoms with Gasteiger partial charge in [-0.1, -0.05) is 6.92 Å². The average Bonchev–Trinajstić information content (AvgIpc) is 2.93. The molecule has 1 fully saturated rings. The SMILES string of the molecule is CCC(=O)c1cc(C)n(C2CC2)c1C. The number of nitrogens with zero attached hydrogens (tertiary/aromatic N) is 1. The number of rotatable bonds is 3. The maximum absolute atomic E-state index is 11.6. The molecule has 14 heavy (non-hydrogen) atoms. The summed E-state index contributed by atoms with van der Waals surface area (Å²) in [7, 11) is 0. The molecule has 2 nitrogen and oxygen atoms in total. The molecule has 0 aromatic carbocycles. The lowest BCUT2D eigenvalue weighted by Crippen LogP contribution is -2.02. The van der Waals surface area contributed by atoms with Gasteiger partial charge >= 0.3 is 0 Å². The molecular weight excluding hydrogens is 174 g/mol. The molecule has 1 heterocycles. The van der Waals surface area contributed by atoms with Crippen LogP contribution in [0.25, 0.3) is 0 Å². The van der Waals surface area contributed by atoms with E-state index in [1.54, 1.807) is 0 Å². The summed E-state index contributed by atoms with van der Waals surface area (Å²) in [6.07, 6.45) is 3.15. The second-order valence-electron chi connectivity index (χ2n) is 4.16. The molecule has 0 aliphatic heterocycles. The summed E-state index contributed by atoms with van der Waals surface area (Å²) < 4.78 is 2.32. The van der Waals surface area contributed by atoms with Crippen molar-refractivity contribution in [1.29, 1.82) is 0 Å². The molecule has 0 unspecified atom stereocenters. The molecule has 1 saturated carbocycles. The van der Waals surface area contributed by atoms with Crippen LogP contribution in [0, 0.1) is 13.8 Å². The zero-order valence-electron chi connectivity index (χ0n) is 9.13. The van der Waals surface area contributed by atoms with E-state index >= 15 is 0 Å². The first-order chi connectivity index (χ1) is 6.65. The monoisotopic (exact) mass is 191 g/mol. The van der Waals surface area contributed by atoms with E-state index in [1.165, 1.54) is 18.5 Å². The highest BCUT2D eigenvalue weighted by Gasteiger charge is 2.27. The molecule has 0 amide bonds. The maximum atomic E-state index is 11.6. The molecule has 1 aliphatic carbocycles. The van der Waals surface area contributed by atoms with Gasteiger partial charge in [0.25, 0.3) is 0 Å². The fourth-order valence-corrected chi connectivity index (χ4v) is 2.14. The van der Waals surface area contributed by atoms with Crippen LogP contribution in [-0.4, -0.2) is 10.4 Å². The number of hydrogen-bond donors (Lipinski definition) is 0. The van der Waals surface area contributed by atoms with Gasteiger partial charge in [0.15, 0.2) is 5.78 Å². The summed E-state index contributed by atoms with van der Waals surface area (Å²) in [6, 6.07) is 2.72. The van der Waals surface area contributed by atoms with Gasteiger partial charge in [-0.05, 0) is 32.8 Å². The minimum absolute atomic E-state index is 0.269. The third-order valence-electron chi connectivity index (χ3n) is 3.02. The number of hydrogen-bond acceptors (Lipinski definition) is 1. The summed E-state index contributed by atoms with van der Waals surface area (Å²) in [5.74, 6) is 0.269. The zero-order chi connectivity index (χ0) is 10.3. The van der Waals surface area contributed by atoms with Crippen molar-refractivity contribution in [2.24, 2.45) is 0 Å². The highest BCUT2D eigenvalue weighted by atomic mass is 16.1. The van der Waals surface area contributed by atoms with Crippen LogP contribution in [0.4, 0.5) is 0 Å². The maximum Gasteiger partial charge on any atom is 0.164 e. The first kappa shape index (κ1) is 9.50. The van der Waals surface area contributed by atoms with Crippen LogP contribution >= 0.6 is 0 Å². The normalized spacial score (nSPS) is 15.9. The van der Waals surface area contributed by atoms with Crippen molar-refractivity contribution in [1.82, 2.24) is 4.57 Å². The van der Waals surface area contributed by atoms with Gasteiger partial charge in [0.05, 0.1) is 0 Å². The second-order valence-corrected chi connectivity index (χ2v) is 4.16. The van der Waals surface area contributed by atoms with Crippen molar-refractivity contribution >= 4 is 5.78 Å². The molecular formula is C12H17NO. The fraction of sp³-hybridized carbons (Fsp3) is 0.583. The zero-order valence-corrected chi connectivity index (χ0v) is 9.13. The lowest BCUT2D eigenvalue weighted by molar-refractivity contribution is 0.0987. The quantitative estimate of drug-likeness (QED) is 0.673. The largest absolute Gasteiger partial charge is 0.345 e. The Bertz CT molecular complexity index is 372. The van der Waals surface area contributed by atoms with Crippen LogP contribution in [-0.2, 0) is 0 Å². The molecule has 0 radical (unpaired) electrons. The Morgan fingerprint density at radius 1 is 1.50 bits per heavy atom. The highest BCUT2D eigenvalue weighted by molar-refractivity contribution is 5.97. The molecule has 0 bridgehead atoms. The van der Waals surface area contributed by atoms with E-state index in [4.69, 9.17) is 0 Å². The van der Waals surface area contributed by atoms with Crippen LogP contribution in [0.1, 0.15) is 54.0 Å². The first-order valence-electron chi connectivity index (χ1n) is 5.36. The smallest absolute Gasteiger partial charge is 0.164 e. The third kappa shape index (κ3) is 1.39. The minimum atomic E-state index is 0.269.